The molecular weight excluding hydrogens is 136 g/mol. The summed E-state index contributed by atoms with van der Waals surface area (Å²) in [6.07, 6.45) is 9.28. The smallest absolute Gasteiger partial charge is 0.159 e. The lowest BCUT2D eigenvalue weighted by molar-refractivity contribution is -0.114. The summed E-state index contributed by atoms with van der Waals surface area (Å²) in [5.74, 6) is 0.395. The van der Waals surface area contributed by atoms with E-state index in [9.17, 15) is 4.79 Å². The van der Waals surface area contributed by atoms with Crippen LogP contribution in [0.15, 0.2) is 23.3 Å². The molecule has 0 atom stereocenters. The van der Waals surface area contributed by atoms with Crippen LogP contribution in [0.1, 0.15) is 32.1 Å². The van der Waals surface area contributed by atoms with Crippen LogP contribution in [0, 0.1) is 0 Å². The fourth-order valence-electron chi connectivity index (χ4n) is 1.87. The highest BCUT2D eigenvalue weighted by atomic mass is 16.1. The van der Waals surface area contributed by atoms with Crippen molar-refractivity contribution >= 4 is 5.78 Å². The highest BCUT2D eigenvalue weighted by Gasteiger charge is 2.21. The summed E-state index contributed by atoms with van der Waals surface area (Å²) in [6, 6.07) is 0. The molecule has 0 N–H and O–H groups in total. The van der Waals surface area contributed by atoms with Crippen LogP contribution in [0.25, 0.3) is 0 Å². The summed E-state index contributed by atoms with van der Waals surface area (Å²) in [6.45, 7) is 0. The normalized spacial score (nSPS) is 23.8. The molecule has 2 aliphatic rings. The van der Waals surface area contributed by atoms with Gasteiger partial charge in [-0.3, -0.25) is 4.79 Å². The number of carbonyl (C=O) groups is 1. The fourth-order valence-corrected chi connectivity index (χ4v) is 1.87. The van der Waals surface area contributed by atoms with E-state index >= 15 is 0 Å². The predicted octanol–water partition coefficient (Wildman–Crippen LogP) is 2.39. The number of allylic oxidation sites excluding steroid dienone is 4. The molecule has 1 nitrogen and oxygen atoms in total. The minimum atomic E-state index is 0.395. The molecule has 0 aromatic rings. The van der Waals surface area contributed by atoms with Crippen LogP contribution in [-0.4, -0.2) is 5.78 Å². The van der Waals surface area contributed by atoms with Crippen LogP contribution in [0.4, 0.5) is 0 Å². The molecule has 2 rings (SSSR count). The molecule has 0 spiro atoms. The van der Waals surface area contributed by atoms with Gasteiger partial charge in [-0.1, -0.05) is 17.7 Å². The Kier molecular flexibility index (Phi) is 1.65. The van der Waals surface area contributed by atoms with E-state index in [-0.39, 0.29) is 0 Å². The van der Waals surface area contributed by atoms with Crippen LogP contribution < -0.4 is 0 Å². The van der Waals surface area contributed by atoms with Gasteiger partial charge in [0.15, 0.2) is 5.78 Å². The molecule has 0 saturated heterocycles. The van der Waals surface area contributed by atoms with E-state index in [4.69, 9.17) is 0 Å². The molecule has 0 aliphatic heterocycles. The van der Waals surface area contributed by atoms with Gasteiger partial charge >= 0.3 is 0 Å². The molecule has 2 aliphatic carbocycles. The van der Waals surface area contributed by atoms with Gasteiger partial charge in [-0.2, -0.15) is 0 Å². The summed E-state index contributed by atoms with van der Waals surface area (Å²) < 4.78 is 0. The van der Waals surface area contributed by atoms with Gasteiger partial charge in [0.05, 0.1) is 0 Å². The maximum Gasteiger partial charge on any atom is 0.159 e. The average Bonchev–Trinajstić information content (AvgIpc) is 2.25. The van der Waals surface area contributed by atoms with Crippen molar-refractivity contribution in [3.8, 4) is 0 Å². The quantitative estimate of drug-likeness (QED) is 0.482. The largest absolute Gasteiger partial charge is 0.295 e. The molecule has 0 radical (unpaired) electrons. The molecule has 0 heterocycles. The minimum Gasteiger partial charge on any atom is -0.295 e. The molecule has 0 aromatic carbocycles. The standard InChI is InChI=1S/C10H12O/c11-10-7-6-8-4-2-1-3-5-9(8)10/h1,3H,2,4-7H2. The lowest BCUT2D eigenvalue weighted by Crippen LogP contribution is -1.94. The Labute approximate surface area is 66.8 Å². The van der Waals surface area contributed by atoms with Crippen molar-refractivity contribution in [1.29, 1.82) is 0 Å². The maximum atomic E-state index is 11.3. The van der Waals surface area contributed by atoms with Crippen LogP contribution in [-0.2, 0) is 4.79 Å². The lowest BCUT2D eigenvalue weighted by atomic mass is 10.1. The highest BCUT2D eigenvalue weighted by Crippen LogP contribution is 2.30. The SMILES string of the molecule is O=C1CCC2=C1CC=CCC2. The first kappa shape index (κ1) is 6.84. The summed E-state index contributed by atoms with van der Waals surface area (Å²) in [5.41, 5.74) is 2.55. The van der Waals surface area contributed by atoms with E-state index in [1.54, 1.807) is 0 Å². The van der Waals surface area contributed by atoms with Gasteiger partial charge in [-0.05, 0) is 31.3 Å². The van der Waals surface area contributed by atoms with Crippen LogP contribution >= 0.6 is 0 Å². The van der Waals surface area contributed by atoms with Crippen molar-refractivity contribution in [3.63, 3.8) is 0 Å². The first-order valence-electron chi connectivity index (χ1n) is 4.27. The Bertz CT molecular complexity index is 246. The molecule has 58 valence electrons. The Morgan fingerprint density at radius 3 is 2.91 bits per heavy atom. The first-order valence-corrected chi connectivity index (χ1v) is 4.27. The van der Waals surface area contributed by atoms with E-state index in [2.05, 4.69) is 12.2 Å². The van der Waals surface area contributed by atoms with Crippen molar-refractivity contribution in [2.45, 2.75) is 32.1 Å². The molecule has 11 heavy (non-hydrogen) atoms. The summed E-state index contributed by atoms with van der Waals surface area (Å²) >= 11 is 0. The Hall–Kier alpha value is -0.850. The summed E-state index contributed by atoms with van der Waals surface area (Å²) in [7, 11) is 0. The van der Waals surface area contributed by atoms with Crippen LogP contribution in [0.3, 0.4) is 0 Å². The average molecular weight is 148 g/mol. The number of hydrogen-bond acceptors (Lipinski definition) is 1. The zero-order valence-electron chi connectivity index (χ0n) is 6.60. The highest BCUT2D eigenvalue weighted by molar-refractivity contribution is 5.99. The molecule has 0 aromatic heterocycles. The second-order valence-electron chi connectivity index (χ2n) is 3.22. The molecule has 0 fully saturated rings. The van der Waals surface area contributed by atoms with Gasteiger partial charge in [0.25, 0.3) is 0 Å². The third-order valence-corrected chi connectivity index (χ3v) is 2.52. The van der Waals surface area contributed by atoms with Gasteiger partial charge in [-0.25, -0.2) is 0 Å². The van der Waals surface area contributed by atoms with Crippen LogP contribution in [0.2, 0.25) is 0 Å². The molecule has 0 saturated carbocycles. The van der Waals surface area contributed by atoms with Crippen molar-refractivity contribution < 1.29 is 4.79 Å². The molecule has 0 bridgehead atoms. The third kappa shape index (κ3) is 1.15. The Morgan fingerprint density at radius 1 is 1.09 bits per heavy atom. The minimum absolute atomic E-state index is 0.395. The zero-order valence-corrected chi connectivity index (χ0v) is 6.60. The molecule has 0 unspecified atom stereocenters. The van der Waals surface area contributed by atoms with Crippen molar-refractivity contribution in [2.24, 2.45) is 0 Å². The van der Waals surface area contributed by atoms with E-state index < -0.39 is 0 Å². The summed E-state index contributed by atoms with van der Waals surface area (Å²) in [4.78, 5) is 11.3. The van der Waals surface area contributed by atoms with Gasteiger partial charge in [-0.15, -0.1) is 0 Å². The van der Waals surface area contributed by atoms with Gasteiger partial charge in [0.2, 0.25) is 0 Å². The monoisotopic (exact) mass is 148 g/mol. The number of Topliss-reactive ketones (excluding diaryl/α,β-unsaturated/α-hetero) is 1. The first-order chi connectivity index (χ1) is 5.38. The summed E-state index contributed by atoms with van der Waals surface area (Å²) in [5, 5.41) is 0. The maximum absolute atomic E-state index is 11.3. The third-order valence-electron chi connectivity index (χ3n) is 2.52. The van der Waals surface area contributed by atoms with E-state index in [1.165, 1.54) is 5.57 Å². The lowest BCUT2D eigenvalue weighted by Gasteiger charge is -1.97. The second-order valence-corrected chi connectivity index (χ2v) is 3.22. The van der Waals surface area contributed by atoms with Crippen molar-refractivity contribution in [2.75, 3.05) is 0 Å². The molecule has 1 heteroatoms. The number of rotatable bonds is 0. The Morgan fingerprint density at radius 2 is 2.00 bits per heavy atom. The second kappa shape index (κ2) is 2.65. The number of ketones is 1. The number of carbonyl (C=O) groups excluding carboxylic acids is 1. The van der Waals surface area contributed by atoms with E-state index in [0.29, 0.717) is 5.78 Å². The predicted molar refractivity (Wildman–Crippen MR) is 44.3 cm³/mol. The van der Waals surface area contributed by atoms with E-state index in [1.807, 2.05) is 0 Å². The molecular formula is C10H12O. The van der Waals surface area contributed by atoms with Gasteiger partial charge < -0.3 is 0 Å². The molecule has 0 amide bonds. The zero-order chi connectivity index (χ0) is 7.68. The Balaban J connectivity index is 2.29. The fraction of sp³-hybridized carbons (Fsp3) is 0.500. The van der Waals surface area contributed by atoms with Gasteiger partial charge in [0.1, 0.15) is 0 Å². The number of hydrogen-bond donors (Lipinski definition) is 0. The van der Waals surface area contributed by atoms with Crippen molar-refractivity contribution in [1.82, 2.24) is 0 Å². The topological polar surface area (TPSA) is 17.1 Å². The van der Waals surface area contributed by atoms with Crippen LogP contribution in [0.5, 0.6) is 0 Å². The van der Waals surface area contributed by atoms with Crippen molar-refractivity contribution in [3.05, 3.63) is 23.3 Å². The van der Waals surface area contributed by atoms with Gasteiger partial charge in [0, 0.05) is 6.42 Å². The van der Waals surface area contributed by atoms with E-state index in [0.717, 1.165) is 37.7 Å².